The Kier molecular flexibility index (Phi) is 5.22. The van der Waals surface area contributed by atoms with Crippen LogP contribution in [0.5, 0.6) is 0 Å². The lowest BCUT2D eigenvalue weighted by Gasteiger charge is -2.34. The van der Waals surface area contributed by atoms with Gasteiger partial charge in [-0.2, -0.15) is 14.9 Å². The molecule has 0 saturated carbocycles. The summed E-state index contributed by atoms with van der Waals surface area (Å²) in [6.45, 7) is 6.94. The SMILES string of the molecule is C=CN=C1C=C(Cl)C=C/C1=C\c1c(C)nc2c(C#N)c(C(F)F)nn2c1N1CCC1. The topological polar surface area (TPSA) is 69.6 Å². The molecule has 1 fully saturated rings. The molecule has 9 heteroatoms. The first-order valence-corrected chi connectivity index (χ1v) is 9.65. The molecular weight excluding hydrogens is 410 g/mol. The Morgan fingerprint density at radius 2 is 2.13 bits per heavy atom. The molecule has 0 radical (unpaired) electrons. The second-order valence-electron chi connectivity index (χ2n) is 6.84. The standard InChI is InChI=1S/C21H17ClF2N6/c1-3-26-17-10-14(22)6-5-13(17)9-15-12(2)27-20-16(11-25)18(19(23)24)28-30(20)21(15)29-7-4-8-29/h3,5-6,9-10,19H,1,4,7-8H2,2H3/b13-9+,26-17?. The molecule has 30 heavy (non-hydrogen) atoms. The molecule has 2 aromatic rings. The van der Waals surface area contributed by atoms with Gasteiger partial charge in [0.15, 0.2) is 5.65 Å². The molecule has 1 saturated heterocycles. The Morgan fingerprint density at radius 3 is 2.73 bits per heavy atom. The highest BCUT2D eigenvalue weighted by Crippen LogP contribution is 2.34. The average molecular weight is 427 g/mol. The van der Waals surface area contributed by atoms with Crippen molar-refractivity contribution in [2.24, 2.45) is 4.99 Å². The van der Waals surface area contributed by atoms with E-state index in [0.717, 1.165) is 30.6 Å². The van der Waals surface area contributed by atoms with Crippen LogP contribution in [0.25, 0.3) is 11.7 Å². The van der Waals surface area contributed by atoms with Gasteiger partial charge in [0.1, 0.15) is 23.1 Å². The summed E-state index contributed by atoms with van der Waals surface area (Å²) in [6.07, 6.45) is 6.70. The second kappa shape index (κ2) is 7.84. The molecule has 2 aromatic heterocycles. The van der Waals surface area contributed by atoms with Crippen molar-refractivity contribution in [2.45, 2.75) is 19.8 Å². The first-order chi connectivity index (χ1) is 14.4. The molecule has 0 spiro atoms. The van der Waals surface area contributed by atoms with Crippen LogP contribution in [0.1, 0.15) is 35.4 Å². The summed E-state index contributed by atoms with van der Waals surface area (Å²) in [7, 11) is 0. The predicted molar refractivity (Wildman–Crippen MR) is 113 cm³/mol. The summed E-state index contributed by atoms with van der Waals surface area (Å²) in [5, 5.41) is 14.0. The highest BCUT2D eigenvalue weighted by atomic mass is 35.5. The number of nitriles is 1. The van der Waals surface area contributed by atoms with Crippen molar-refractivity contribution in [1.82, 2.24) is 14.6 Å². The minimum Gasteiger partial charge on any atom is -0.356 e. The van der Waals surface area contributed by atoms with Crippen LogP contribution in [0.3, 0.4) is 0 Å². The lowest BCUT2D eigenvalue weighted by Crippen LogP contribution is -2.39. The van der Waals surface area contributed by atoms with Crippen LogP contribution in [0.15, 0.2) is 46.6 Å². The monoisotopic (exact) mass is 426 g/mol. The van der Waals surface area contributed by atoms with Crippen LogP contribution in [0.2, 0.25) is 0 Å². The number of anilines is 1. The van der Waals surface area contributed by atoms with Gasteiger partial charge >= 0.3 is 0 Å². The number of alkyl halides is 2. The fourth-order valence-electron chi connectivity index (χ4n) is 3.44. The molecule has 0 bridgehead atoms. The van der Waals surface area contributed by atoms with Gasteiger partial charge in [-0.1, -0.05) is 24.3 Å². The smallest absolute Gasteiger partial charge is 0.283 e. The van der Waals surface area contributed by atoms with E-state index in [0.29, 0.717) is 22.3 Å². The Balaban J connectivity index is 2.00. The van der Waals surface area contributed by atoms with Crippen molar-refractivity contribution in [1.29, 1.82) is 5.26 Å². The maximum absolute atomic E-state index is 13.5. The quantitative estimate of drug-likeness (QED) is 0.709. The number of aliphatic imine (C=N–C) groups is 1. The molecule has 152 valence electrons. The number of rotatable bonds is 4. The van der Waals surface area contributed by atoms with Crippen LogP contribution in [0.4, 0.5) is 14.6 Å². The van der Waals surface area contributed by atoms with Gasteiger partial charge in [-0.25, -0.2) is 13.8 Å². The van der Waals surface area contributed by atoms with Crippen LogP contribution in [-0.2, 0) is 0 Å². The molecule has 0 N–H and O–H groups in total. The first kappa shape index (κ1) is 20.0. The van der Waals surface area contributed by atoms with Gasteiger partial charge in [0.2, 0.25) is 0 Å². The van der Waals surface area contributed by atoms with Gasteiger partial charge in [0.25, 0.3) is 6.43 Å². The van der Waals surface area contributed by atoms with Crippen molar-refractivity contribution < 1.29 is 8.78 Å². The maximum Gasteiger partial charge on any atom is 0.283 e. The van der Waals surface area contributed by atoms with Crippen molar-refractivity contribution >= 4 is 34.9 Å². The zero-order valence-electron chi connectivity index (χ0n) is 16.1. The number of fused-ring (bicyclic) bond motifs is 1. The normalized spacial score (nSPS) is 18.8. The van der Waals surface area contributed by atoms with E-state index in [4.69, 9.17) is 11.6 Å². The molecule has 3 heterocycles. The first-order valence-electron chi connectivity index (χ1n) is 9.27. The number of hydrogen-bond donors (Lipinski definition) is 0. The van der Waals surface area contributed by atoms with E-state index in [1.54, 1.807) is 19.1 Å². The second-order valence-corrected chi connectivity index (χ2v) is 7.28. The van der Waals surface area contributed by atoms with Gasteiger partial charge in [0, 0.05) is 35.5 Å². The molecule has 0 unspecified atom stereocenters. The highest BCUT2D eigenvalue weighted by Gasteiger charge is 2.29. The zero-order valence-corrected chi connectivity index (χ0v) is 16.9. The zero-order chi connectivity index (χ0) is 21.4. The maximum atomic E-state index is 13.5. The van der Waals surface area contributed by atoms with Crippen molar-refractivity contribution in [3.63, 3.8) is 0 Å². The van der Waals surface area contributed by atoms with Gasteiger partial charge in [0.05, 0.1) is 11.4 Å². The van der Waals surface area contributed by atoms with Crippen molar-refractivity contribution in [2.75, 3.05) is 18.0 Å². The number of aromatic nitrogens is 3. The highest BCUT2D eigenvalue weighted by molar-refractivity contribution is 6.35. The Hall–Kier alpha value is -3.31. The summed E-state index contributed by atoms with van der Waals surface area (Å²) in [6, 6.07) is 1.84. The molecule has 0 atom stereocenters. The van der Waals surface area contributed by atoms with Crippen LogP contribution in [-0.4, -0.2) is 33.4 Å². The summed E-state index contributed by atoms with van der Waals surface area (Å²) < 4.78 is 28.3. The Morgan fingerprint density at radius 1 is 1.37 bits per heavy atom. The number of halogens is 3. The predicted octanol–water partition coefficient (Wildman–Crippen LogP) is 4.72. The van der Waals surface area contributed by atoms with Gasteiger partial charge in [-0.3, -0.25) is 4.99 Å². The third-order valence-corrected chi connectivity index (χ3v) is 5.22. The largest absolute Gasteiger partial charge is 0.356 e. The summed E-state index contributed by atoms with van der Waals surface area (Å²) in [5.74, 6) is 0.631. The van der Waals surface area contributed by atoms with E-state index in [1.165, 1.54) is 10.7 Å². The van der Waals surface area contributed by atoms with E-state index < -0.39 is 12.1 Å². The fourth-order valence-corrected chi connectivity index (χ4v) is 3.60. The molecule has 1 aliphatic carbocycles. The fraction of sp³-hybridized carbons (Fsp3) is 0.238. The molecule has 0 amide bonds. The third kappa shape index (κ3) is 3.31. The van der Waals surface area contributed by atoms with Crippen molar-refractivity contribution in [3.8, 4) is 6.07 Å². The molecule has 6 nitrogen and oxygen atoms in total. The molecule has 1 aliphatic heterocycles. The van der Waals surface area contributed by atoms with E-state index in [2.05, 4.69) is 21.7 Å². The lowest BCUT2D eigenvalue weighted by atomic mass is 10.0. The number of nitrogens with zero attached hydrogens (tertiary/aromatic N) is 6. The van der Waals surface area contributed by atoms with E-state index in [-0.39, 0.29) is 11.2 Å². The van der Waals surface area contributed by atoms with Gasteiger partial charge in [-0.05, 0) is 31.6 Å². The van der Waals surface area contributed by atoms with E-state index in [1.807, 2.05) is 23.1 Å². The lowest BCUT2D eigenvalue weighted by molar-refractivity contribution is 0.145. The average Bonchev–Trinajstić information content (AvgIpc) is 3.03. The molecule has 4 rings (SSSR count). The number of aryl methyl sites for hydroxylation is 1. The molecular formula is C21H17ClF2N6. The van der Waals surface area contributed by atoms with Gasteiger partial charge in [-0.15, -0.1) is 0 Å². The third-order valence-electron chi connectivity index (χ3n) is 4.99. The molecule has 2 aliphatic rings. The minimum absolute atomic E-state index is 0.136. The Labute approximate surface area is 176 Å². The summed E-state index contributed by atoms with van der Waals surface area (Å²) in [4.78, 5) is 10.8. The number of allylic oxidation sites excluding steroid dienone is 5. The summed E-state index contributed by atoms with van der Waals surface area (Å²) in [5.41, 5.74) is 2.09. The number of hydrogen-bond acceptors (Lipinski definition) is 5. The van der Waals surface area contributed by atoms with E-state index >= 15 is 0 Å². The van der Waals surface area contributed by atoms with Crippen molar-refractivity contribution in [3.05, 3.63) is 64.1 Å². The summed E-state index contributed by atoms with van der Waals surface area (Å²) >= 11 is 6.10. The van der Waals surface area contributed by atoms with E-state index in [9.17, 15) is 14.0 Å². The molecule has 0 aromatic carbocycles. The van der Waals surface area contributed by atoms with Crippen LogP contribution < -0.4 is 4.90 Å². The van der Waals surface area contributed by atoms with Gasteiger partial charge < -0.3 is 4.90 Å². The van der Waals surface area contributed by atoms with Crippen LogP contribution in [0, 0.1) is 18.3 Å². The van der Waals surface area contributed by atoms with Crippen LogP contribution >= 0.6 is 11.6 Å². The Bertz CT molecular complexity index is 1210. The minimum atomic E-state index is -2.87.